The molecular weight excluding hydrogens is 551 g/mol. The van der Waals surface area contributed by atoms with Crippen molar-refractivity contribution in [2.75, 3.05) is 41.3 Å². The molecule has 0 saturated heterocycles. The summed E-state index contributed by atoms with van der Waals surface area (Å²) in [6.07, 6.45) is 10.6. The Morgan fingerprint density at radius 2 is 1.26 bits per heavy atom. The molecule has 7 nitrogen and oxygen atoms in total. The molecular formula is C27H49N2O5Sn+. The van der Waals surface area contributed by atoms with E-state index in [4.69, 9.17) is 4.74 Å². The first-order valence-corrected chi connectivity index (χ1v) is 21.1. The molecule has 0 rings (SSSR count). The molecule has 0 radical (unpaired) electrons. The third-order valence-corrected chi connectivity index (χ3v) is 20.9. The van der Waals surface area contributed by atoms with Crippen molar-refractivity contribution >= 4 is 41.7 Å². The normalized spacial score (nSPS) is 12.6. The summed E-state index contributed by atoms with van der Waals surface area (Å²) < 4.78 is 8.34. The molecule has 0 aromatic rings. The summed E-state index contributed by atoms with van der Waals surface area (Å²) in [5.41, 5.74) is 0. The second kappa shape index (κ2) is 18.0. The number of allylic oxidation sites excluding steroid dienone is 3. The molecule has 0 bridgehead atoms. The number of quaternary nitrogens is 1. The molecule has 0 atom stereocenters. The Morgan fingerprint density at radius 3 is 1.71 bits per heavy atom. The fourth-order valence-corrected chi connectivity index (χ4v) is 18.2. The Kier molecular flexibility index (Phi) is 17.3. The van der Waals surface area contributed by atoms with Crippen LogP contribution >= 0.6 is 0 Å². The van der Waals surface area contributed by atoms with Crippen LogP contribution in [0.4, 0.5) is 0 Å². The fourth-order valence-electron chi connectivity index (χ4n) is 3.96. The van der Waals surface area contributed by atoms with Crippen molar-refractivity contribution in [2.24, 2.45) is 0 Å². The van der Waals surface area contributed by atoms with Crippen molar-refractivity contribution in [3.63, 3.8) is 0 Å². The molecule has 0 spiro atoms. The van der Waals surface area contributed by atoms with Gasteiger partial charge in [0, 0.05) is 0 Å². The van der Waals surface area contributed by atoms with Crippen LogP contribution in [-0.2, 0) is 23.9 Å². The maximum absolute atomic E-state index is 12.9. The van der Waals surface area contributed by atoms with E-state index in [9.17, 15) is 19.2 Å². The number of nitrogens with zero attached hydrogens (tertiary/aromatic N) is 2. The van der Waals surface area contributed by atoms with Crippen LogP contribution in [0.25, 0.3) is 0 Å². The van der Waals surface area contributed by atoms with Gasteiger partial charge in [-0.05, 0) is 0 Å². The van der Waals surface area contributed by atoms with Crippen LogP contribution in [0.2, 0.25) is 17.7 Å². The molecule has 0 saturated carbocycles. The number of esters is 1. The van der Waals surface area contributed by atoms with E-state index >= 15 is 0 Å². The third kappa shape index (κ3) is 15.4. The van der Waals surface area contributed by atoms with E-state index in [-0.39, 0.29) is 24.0 Å². The van der Waals surface area contributed by atoms with E-state index in [1.165, 1.54) is 24.3 Å². The van der Waals surface area contributed by atoms with Gasteiger partial charge in [0.25, 0.3) is 0 Å². The number of hydrogen-bond donors (Lipinski definition) is 0. The number of ether oxygens (including phenoxy) is 1. The first kappa shape index (κ1) is 33.7. The van der Waals surface area contributed by atoms with Crippen LogP contribution < -0.4 is 0 Å². The Labute approximate surface area is 217 Å². The van der Waals surface area contributed by atoms with Crippen LogP contribution in [0.15, 0.2) is 24.3 Å². The molecule has 8 heteroatoms. The fraction of sp³-hybridized carbons (Fsp3) is 0.704. The van der Waals surface area contributed by atoms with Gasteiger partial charge in [0.2, 0.25) is 0 Å². The van der Waals surface area contributed by atoms with E-state index < -0.39 is 24.3 Å². The number of unbranched alkanes of at least 4 members (excludes halogenated alkanes) is 2. The molecule has 0 amide bonds. The minimum absolute atomic E-state index is 0.0338. The van der Waals surface area contributed by atoms with Crippen molar-refractivity contribution in [1.82, 2.24) is 5.01 Å². The van der Waals surface area contributed by atoms with Gasteiger partial charge in [0.05, 0.1) is 0 Å². The first-order chi connectivity index (χ1) is 16.4. The molecule has 0 aliphatic carbocycles. The predicted octanol–water partition coefficient (Wildman–Crippen LogP) is 4.75. The third-order valence-electron chi connectivity index (χ3n) is 6.58. The van der Waals surface area contributed by atoms with Gasteiger partial charge in [-0.15, -0.1) is 0 Å². The van der Waals surface area contributed by atoms with Gasteiger partial charge in [-0.1, -0.05) is 0 Å². The SMILES string of the molecule is CCC[CH2][Sn]([CH2]CCC)([CH2]C(=O)/C=C\C(=O)CCC[N+](C)(C)N(C)C)[CH2]C(=O)/C=C\C(=O)OCC. The van der Waals surface area contributed by atoms with Crippen LogP contribution in [0.3, 0.4) is 0 Å². The average Bonchev–Trinajstić information content (AvgIpc) is 2.78. The number of hydrogen-bond acceptors (Lipinski definition) is 6. The van der Waals surface area contributed by atoms with Crippen LogP contribution in [0, 0.1) is 0 Å². The summed E-state index contributed by atoms with van der Waals surface area (Å²) in [4.78, 5) is 49.7. The molecule has 0 unspecified atom stereocenters. The molecule has 0 aliphatic heterocycles. The molecule has 0 aliphatic rings. The second-order valence-electron chi connectivity index (χ2n) is 10.2. The summed E-state index contributed by atoms with van der Waals surface area (Å²) in [7, 11) is 8.19. The number of carbonyl (C=O) groups excluding carboxylic acids is 4. The van der Waals surface area contributed by atoms with E-state index in [0.29, 0.717) is 19.9 Å². The van der Waals surface area contributed by atoms with Gasteiger partial charge in [-0.25, -0.2) is 0 Å². The summed E-state index contributed by atoms with van der Waals surface area (Å²) in [6.45, 7) is 7.07. The zero-order valence-corrected chi connectivity index (χ0v) is 26.1. The van der Waals surface area contributed by atoms with E-state index in [0.717, 1.165) is 47.5 Å². The Bertz CT molecular complexity index is 736. The van der Waals surface area contributed by atoms with Gasteiger partial charge < -0.3 is 0 Å². The zero-order valence-electron chi connectivity index (χ0n) is 23.2. The van der Waals surface area contributed by atoms with Gasteiger partial charge in [0.15, 0.2) is 0 Å². The summed E-state index contributed by atoms with van der Waals surface area (Å²) >= 11 is -3.18. The molecule has 0 N–H and O–H groups in total. The quantitative estimate of drug-likeness (QED) is 0.0660. The number of carbonyl (C=O) groups is 4. The first-order valence-electron chi connectivity index (χ1n) is 13.0. The monoisotopic (exact) mass is 601 g/mol. The Hall–Kier alpha value is -1.32. The van der Waals surface area contributed by atoms with Crippen molar-refractivity contribution in [1.29, 1.82) is 0 Å². The van der Waals surface area contributed by atoms with Crippen LogP contribution in [-0.4, -0.2) is 92.6 Å². The molecule has 0 aromatic heterocycles. The van der Waals surface area contributed by atoms with Gasteiger partial charge in [-0.2, -0.15) is 0 Å². The Balaban J connectivity index is 5.29. The van der Waals surface area contributed by atoms with E-state index in [1.54, 1.807) is 6.92 Å². The van der Waals surface area contributed by atoms with Crippen LogP contribution in [0.5, 0.6) is 0 Å². The maximum atomic E-state index is 12.9. The molecule has 0 heterocycles. The van der Waals surface area contributed by atoms with Crippen molar-refractivity contribution in [3.05, 3.63) is 24.3 Å². The number of rotatable bonds is 20. The van der Waals surface area contributed by atoms with Crippen molar-refractivity contribution < 1.29 is 28.5 Å². The average molecular weight is 600 g/mol. The molecule has 0 fully saturated rings. The molecule has 35 heavy (non-hydrogen) atoms. The van der Waals surface area contributed by atoms with Gasteiger partial charge in [-0.3, -0.25) is 0 Å². The second-order valence-corrected chi connectivity index (χ2v) is 23.6. The van der Waals surface area contributed by atoms with Gasteiger partial charge >= 0.3 is 218 Å². The topological polar surface area (TPSA) is 80.8 Å². The molecule has 0 aromatic carbocycles. The standard InChI is InChI=1S/C12H22N2O2.C7H9O3.2C4H9.Sn/c1-11(15)8-9-12(16)7-6-10-14(4,5)13(2)3;1-3-10-7(9)5-4-6(2)8;2*1-3-4-2;/h8-9H,1,6-7,10H2,2-5H3;4-5H,2-3H2,1H3;2*1,3-4H2,2H3;/q+1;;;;/b9-8-;5-4-;;;. The summed E-state index contributed by atoms with van der Waals surface area (Å²) in [5, 5.41) is 2.09. The summed E-state index contributed by atoms with van der Waals surface area (Å²) in [6, 6.07) is 0. The van der Waals surface area contributed by atoms with Gasteiger partial charge in [0.1, 0.15) is 0 Å². The van der Waals surface area contributed by atoms with Crippen LogP contribution in [0.1, 0.15) is 59.3 Å². The predicted molar refractivity (Wildman–Crippen MR) is 145 cm³/mol. The Morgan fingerprint density at radius 1 is 0.771 bits per heavy atom. The van der Waals surface area contributed by atoms with E-state index in [2.05, 4.69) is 33.0 Å². The van der Waals surface area contributed by atoms with E-state index in [1.807, 2.05) is 14.1 Å². The molecule has 200 valence electrons. The zero-order chi connectivity index (χ0) is 26.9. The summed E-state index contributed by atoms with van der Waals surface area (Å²) in [5.74, 6) is -0.675. The van der Waals surface area contributed by atoms with Crippen molar-refractivity contribution in [3.8, 4) is 0 Å². The van der Waals surface area contributed by atoms with Crippen molar-refractivity contribution in [2.45, 2.75) is 77.0 Å². The minimum atomic E-state index is -3.18. The number of ketones is 3.